The highest BCUT2D eigenvalue weighted by Crippen LogP contribution is 2.37. The van der Waals surface area contributed by atoms with Crippen molar-refractivity contribution in [2.24, 2.45) is 0 Å². The van der Waals surface area contributed by atoms with E-state index in [1.807, 2.05) is 5.32 Å². The summed E-state index contributed by atoms with van der Waals surface area (Å²) in [5.41, 5.74) is -0.559. The Hall–Kier alpha value is -4.54. The Morgan fingerprint density at radius 1 is 1.08 bits per heavy atom. The normalized spacial score (nSPS) is 11.8. The van der Waals surface area contributed by atoms with Gasteiger partial charge in [-0.15, -0.1) is 23.4 Å². The molecule has 0 aliphatic carbocycles. The zero-order valence-corrected chi connectivity index (χ0v) is 19.8. The van der Waals surface area contributed by atoms with Crippen LogP contribution in [0.3, 0.4) is 0 Å². The van der Waals surface area contributed by atoms with E-state index >= 15 is 0 Å². The van der Waals surface area contributed by atoms with Crippen molar-refractivity contribution in [3.8, 4) is 22.8 Å². The van der Waals surface area contributed by atoms with Crippen LogP contribution in [0, 0.1) is 11.6 Å². The van der Waals surface area contributed by atoms with Crippen LogP contribution >= 0.6 is 0 Å². The molecule has 17 heteroatoms. The van der Waals surface area contributed by atoms with Gasteiger partial charge in [0.25, 0.3) is 0 Å². The van der Waals surface area contributed by atoms with Gasteiger partial charge in [0, 0.05) is 17.3 Å². The third-order valence-corrected chi connectivity index (χ3v) is 6.04. The number of benzene rings is 2. The van der Waals surface area contributed by atoms with Gasteiger partial charge in [-0.1, -0.05) is 0 Å². The highest BCUT2D eigenvalue weighted by molar-refractivity contribution is 7.92. The quantitative estimate of drug-likeness (QED) is 0.312. The van der Waals surface area contributed by atoms with Gasteiger partial charge in [0.1, 0.15) is 17.9 Å². The maximum atomic E-state index is 14.3. The number of halogens is 5. The van der Waals surface area contributed by atoms with E-state index in [9.17, 15) is 35.2 Å². The van der Waals surface area contributed by atoms with Crippen molar-refractivity contribution < 1.29 is 44.6 Å². The number of anilines is 2. The number of nitrogens with one attached hydrogen (secondary N) is 2. The Bertz CT molecular complexity index is 1630. The molecule has 200 valence electrons. The molecule has 38 heavy (non-hydrogen) atoms. The second-order valence-electron chi connectivity index (χ2n) is 7.40. The van der Waals surface area contributed by atoms with Gasteiger partial charge in [-0.3, -0.25) is 10.0 Å². The first-order chi connectivity index (χ1) is 17.8. The smallest absolute Gasteiger partial charge is 0.454 e. The van der Waals surface area contributed by atoms with Crippen molar-refractivity contribution in [2.45, 2.75) is 13.3 Å². The molecule has 0 aliphatic rings. The molecule has 0 saturated carbocycles. The van der Waals surface area contributed by atoms with Crippen LogP contribution in [0.4, 0.5) is 38.1 Å². The fourth-order valence-corrected chi connectivity index (χ4v) is 3.73. The first-order valence-electron chi connectivity index (χ1n) is 10.4. The monoisotopic (exact) mass is 558 g/mol. The second-order valence-corrected chi connectivity index (χ2v) is 9.41. The highest BCUT2D eigenvalue weighted by atomic mass is 32.2. The average molecular weight is 558 g/mol. The summed E-state index contributed by atoms with van der Waals surface area (Å²) in [7, 11) is -3.74. The van der Waals surface area contributed by atoms with Gasteiger partial charge < -0.3 is 9.47 Å². The highest BCUT2D eigenvalue weighted by Gasteiger charge is 2.34. The molecule has 4 aromatic rings. The van der Waals surface area contributed by atoms with E-state index in [0.717, 1.165) is 29.0 Å². The number of rotatable bonds is 7. The molecule has 0 atom stereocenters. The van der Waals surface area contributed by atoms with E-state index in [2.05, 4.69) is 24.8 Å². The summed E-state index contributed by atoms with van der Waals surface area (Å²) in [5.74, 6) is -2.68. The number of carbonyl (C=O) groups is 1. The van der Waals surface area contributed by atoms with Crippen LogP contribution in [0.5, 0.6) is 11.5 Å². The molecule has 0 spiro atoms. The van der Waals surface area contributed by atoms with Crippen molar-refractivity contribution in [2.75, 3.05) is 15.8 Å². The number of sulfonamides is 1. The summed E-state index contributed by atoms with van der Waals surface area (Å²) in [4.78, 5) is 11.8. The van der Waals surface area contributed by atoms with E-state index in [4.69, 9.17) is 4.74 Å². The molecule has 0 fully saturated rings. The summed E-state index contributed by atoms with van der Waals surface area (Å²) in [6.45, 7) is 1.40. The van der Waals surface area contributed by atoms with Crippen molar-refractivity contribution in [1.29, 1.82) is 0 Å². The lowest BCUT2D eigenvalue weighted by Gasteiger charge is -2.15. The Morgan fingerprint density at radius 2 is 1.82 bits per heavy atom. The zero-order valence-electron chi connectivity index (χ0n) is 19.0. The Labute approximate surface area is 210 Å². The number of hydrogen-bond donors (Lipinski definition) is 2. The van der Waals surface area contributed by atoms with Gasteiger partial charge in [-0.05, 0) is 43.3 Å². The SMILES string of the molecule is CCS(=O)(=O)Nc1ccc(Oc2ccc(F)cc2F)c(-c2cc(NC(=O)OC(F)(F)F)c3nncn3n2)c1. The van der Waals surface area contributed by atoms with Gasteiger partial charge in [0.05, 0.1) is 17.1 Å². The molecule has 0 bridgehead atoms. The summed E-state index contributed by atoms with van der Waals surface area (Å²) in [6, 6.07) is 7.42. The molecule has 11 nitrogen and oxygen atoms in total. The number of alkyl halides is 3. The van der Waals surface area contributed by atoms with E-state index in [-0.39, 0.29) is 39.8 Å². The van der Waals surface area contributed by atoms with Crippen LogP contribution in [-0.4, -0.2) is 46.4 Å². The number of ether oxygens (including phenoxy) is 2. The molecule has 4 rings (SSSR count). The van der Waals surface area contributed by atoms with Crippen LogP contribution in [-0.2, 0) is 14.8 Å². The largest absolute Gasteiger partial charge is 0.576 e. The molecule has 1 amide bonds. The van der Waals surface area contributed by atoms with Gasteiger partial charge in [-0.2, -0.15) is 9.61 Å². The molecule has 2 aromatic carbocycles. The number of fused-ring (bicyclic) bond motifs is 1. The standard InChI is InChI=1S/C21H15F5N6O5S/c1-2-38(34,35)31-12-4-6-17(36-18-5-3-11(22)7-14(18)23)13(8-12)15-9-16(19-29-27-10-32(19)30-15)28-20(33)37-21(24,25)26/h3-10,31H,2H2,1H3,(H,28,33). The van der Waals surface area contributed by atoms with Gasteiger partial charge in [0.2, 0.25) is 15.7 Å². The topological polar surface area (TPSA) is 137 Å². The lowest BCUT2D eigenvalue weighted by Crippen LogP contribution is -2.24. The molecule has 0 radical (unpaired) electrons. The van der Waals surface area contributed by atoms with E-state index in [1.165, 1.54) is 25.1 Å². The molecular formula is C21H15F5N6O5S. The fraction of sp³-hybridized carbons (Fsp3) is 0.143. The Morgan fingerprint density at radius 3 is 2.50 bits per heavy atom. The summed E-state index contributed by atoms with van der Waals surface area (Å²) >= 11 is 0. The van der Waals surface area contributed by atoms with Crippen LogP contribution in [0.1, 0.15) is 6.92 Å². The van der Waals surface area contributed by atoms with Crippen molar-refractivity contribution in [3.63, 3.8) is 0 Å². The van der Waals surface area contributed by atoms with Crippen LogP contribution in [0.2, 0.25) is 0 Å². The van der Waals surface area contributed by atoms with E-state index in [1.54, 1.807) is 0 Å². The maximum Gasteiger partial charge on any atom is 0.576 e. The van der Waals surface area contributed by atoms with E-state index in [0.29, 0.717) is 6.07 Å². The lowest BCUT2D eigenvalue weighted by atomic mass is 10.1. The lowest BCUT2D eigenvalue weighted by molar-refractivity contribution is -0.289. The zero-order chi connectivity index (χ0) is 27.7. The number of nitrogens with zero attached hydrogens (tertiary/aromatic N) is 4. The predicted octanol–water partition coefficient (Wildman–Crippen LogP) is 4.69. The molecule has 2 N–H and O–H groups in total. The third kappa shape index (κ3) is 6.23. The first-order valence-corrected chi connectivity index (χ1v) is 12.0. The first kappa shape index (κ1) is 26.5. The van der Waals surface area contributed by atoms with Crippen molar-refractivity contribution >= 4 is 33.1 Å². The van der Waals surface area contributed by atoms with Crippen molar-refractivity contribution in [1.82, 2.24) is 19.8 Å². The average Bonchev–Trinajstić information content (AvgIpc) is 3.29. The predicted molar refractivity (Wildman–Crippen MR) is 122 cm³/mol. The molecule has 2 aromatic heterocycles. The molecular weight excluding hydrogens is 543 g/mol. The van der Waals surface area contributed by atoms with Crippen LogP contribution in [0.15, 0.2) is 48.8 Å². The fourth-order valence-electron chi connectivity index (χ4n) is 3.10. The van der Waals surface area contributed by atoms with Gasteiger partial charge >= 0.3 is 12.5 Å². The Kier molecular flexibility index (Phi) is 7.03. The molecule has 0 aliphatic heterocycles. The number of amides is 1. The molecule has 2 heterocycles. The number of carbonyl (C=O) groups excluding carboxylic acids is 1. The minimum atomic E-state index is -5.27. The van der Waals surface area contributed by atoms with Gasteiger partial charge in [-0.25, -0.2) is 22.0 Å². The Balaban J connectivity index is 1.84. The van der Waals surface area contributed by atoms with Crippen LogP contribution in [0.25, 0.3) is 16.9 Å². The van der Waals surface area contributed by atoms with Crippen molar-refractivity contribution in [3.05, 3.63) is 60.4 Å². The summed E-state index contributed by atoms with van der Waals surface area (Å²) < 4.78 is 101. The third-order valence-electron chi connectivity index (χ3n) is 4.74. The van der Waals surface area contributed by atoms with Gasteiger partial charge in [0.15, 0.2) is 11.6 Å². The number of hydrogen-bond acceptors (Lipinski definition) is 8. The van der Waals surface area contributed by atoms with E-state index < -0.39 is 39.9 Å². The van der Waals surface area contributed by atoms with Crippen LogP contribution < -0.4 is 14.8 Å². The molecule has 0 unspecified atom stereocenters. The minimum Gasteiger partial charge on any atom is -0.454 e. The second kappa shape index (κ2) is 10.1. The summed E-state index contributed by atoms with van der Waals surface area (Å²) in [6.07, 6.45) is -6.08. The summed E-state index contributed by atoms with van der Waals surface area (Å²) in [5, 5.41) is 13.4. The molecule has 0 saturated heterocycles. The minimum absolute atomic E-state index is 0.00660. The maximum absolute atomic E-state index is 14.3. The number of aromatic nitrogens is 4.